The van der Waals surface area contributed by atoms with Gasteiger partial charge in [0.2, 0.25) is 11.9 Å². The minimum atomic E-state index is 0.259. The maximum absolute atomic E-state index is 5.98. The van der Waals surface area contributed by atoms with E-state index in [0.717, 1.165) is 16.7 Å². The molecule has 0 fully saturated rings. The predicted octanol–water partition coefficient (Wildman–Crippen LogP) is 3.41. The normalized spacial score (nSPS) is 11.0. The van der Waals surface area contributed by atoms with Gasteiger partial charge in [-0.3, -0.25) is 0 Å². The third-order valence-corrected chi connectivity index (χ3v) is 4.12. The molecular weight excluding hydrogens is 306 g/mol. The second-order valence-corrected chi connectivity index (χ2v) is 7.20. The van der Waals surface area contributed by atoms with Crippen molar-refractivity contribution < 1.29 is 0 Å². The summed E-state index contributed by atoms with van der Waals surface area (Å²) in [6, 6.07) is 3.94. The number of nitrogens with zero attached hydrogens (tertiary/aromatic N) is 5. The fourth-order valence-corrected chi connectivity index (χ4v) is 2.88. The smallest absolute Gasteiger partial charge is 0.230 e. The Balaban J connectivity index is 2.28. The topological polar surface area (TPSA) is 45.2 Å². The summed E-state index contributed by atoms with van der Waals surface area (Å²) in [5.41, 5.74) is 0. The van der Waals surface area contributed by atoms with Crippen molar-refractivity contribution in [1.82, 2.24) is 15.0 Å². The van der Waals surface area contributed by atoms with Crippen LogP contribution >= 0.6 is 22.9 Å². The molecular formula is C14H20ClN5S. The van der Waals surface area contributed by atoms with Crippen LogP contribution in [0.25, 0.3) is 0 Å². The molecule has 0 radical (unpaired) electrons. The van der Waals surface area contributed by atoms with Gasteiger partial charge < -0.3 is 9.80 Å². The molecule has 0 saturated carbocycles. The molecule has 5 nitrogen and oxygen atoms in total. The van der Waals surface area contributed by atoms with Crippen LogP contribution in [0.1, 0.15) is 30.5 Å². The minimum absolute atomic E-state index is 0.259. The van der Waals surface area contributed by atoms with Crippen LogP contribution in [0, 0.1) is 0 Å². The molecule has 2 aromatic rings. The summed E-state index contributed by atoms with van der Waals surface area (Å²) in [4.78, 5) is 18.7. The van der Waals surface area contributed by atoms with E-state index in [2.05, 4.69) is 28.8 Å². The first-order valence-electron chi connectivity index (χ1n) is 6.75. The molecule has 2 heterocycles. The Labute approximate surface area is 134 Å². The number of anilines is 2. The van der Waals surface area contributed by atoms with E-state index in [1.165, 1.54) is 4.88 Å². The zero-order valence-corrected chi connectivity index (χ0v) is 14.5. The summed E-state index contributed by atoms with van der Waals surface area (Å²) in [6.45, 7) is 4.89. The molecule has 114 valence electrons. The third kappa shape index (κ3) is 4.04. The number of rotatable bonds is 5. The average molecular weight is 326 g/mol. The number of thiophene rings is 1. The SMILES string of the molecule is CC(C)c1nc(N(C)C)nc(N(C)Cc2ccc(Cl)s2)n1. The van der Waals surface area contributed by atoms with Gasteiger partial charge in [-0.1, -0.05) is 25.4 Å². The van der Waals surface area contributed by atoms with E-state index in [4.69, 9.17) is 11.6 Å². The molecule has 0 amide bonds. The molecule has 0 bridgehead atoms. The highest BCUT2D eigenvalue weighted by atomic mass is 35.5. The van der Waals surface area contributed by atoms with Gasteiger partial charge in [0.1, 0.15) is 5.82 Å². The molecule has 0 N–H and O–H groups in total. The quantitative estimate of drug-likeness (QED) is 0.843. The largest absolute Gasteiger partial charge is 0.347 e. The molecule has 2 aromatic heterocycles. The van der Waals surface area contributed by atoms with E-state index < -0.39 is 0 Å². The number of halogens is 1. The van der Waals surface area contributed by atoms with Gasteiger partial charge in [-0.2, -0.15) is 15.0 Å². The van der Waals surface area contributed by atoms with Crippen molar-refractivity contribution in [3.8, 4) is 0 Å². The lowest BCUT2D eigenvalue weighted by Gasteiger charge is -2.20. The maximum Gasteiger partial charge on any atom is 0.230 e. The van der Waals surface area contributed by atoms with Crippen molar-refractivity contribution in [1.29, 1.82) is 0 Å². The van der Waals surface area contributed by atoms with E-state index in [0.29, 0.717) is 11.9 Å². The lowest BCUT2D eigenvalue weighted by molar-refractivity contribution is 0.738. The van der Waals surface area contributed by atoms with Crippen LogP contribution in [-0.4, -0.2) is 36.1 Å². The van der Waals surface area contributed by atoms with E-state index in [9.17, 15) is 0 Å². The molecule has 0 aromatic carbocycles. The summed E-state index contributed by atoms with van der Waals surface area (Å²) in [7, 11) is 5.84. The van der Waals surface area contributed by atoms with Gasteiger partial charge in [-0.15, -0.1) is 11.3 Å². The van der Waals surface area contributed by atoms with Gasteiger partial charge in [0, 0.05) is 31.9 Å². The molecule has 0 spiro atoms. The zero-order valence-electron chi connectivity index (χ0n) is 13.0. The highest BCUT2D eigenvalue weighted by Crippen LogP contribution is 2.24. The molecule has 0 unspecified atom stereocenters. The van der Waals surface area contributed by atoms with Crippen molar-refractivity contribution in [2.45, 2.75) is 26.3 Å². The summed E-state index contributed by atoms with van der Waals surface area (Å²) >= 11 is 7.55. The van der Waals surface area contributed by atoms with Crippen molar-refractivity contribution in [3.05, 3.63) is 27.2 Å². The van der Waals surface area contributed by atoms with Gasteiger partial charge in [0.25, 0.3) is 0 Å². The van der Waals surface area contributed by atoms with Gasteiger partial charge in [-0.05, 0) is 12.1 Å². The highest BCUT2D eigenvalue weighted by molar-refractivity contribution is 7.16. The van der Waals surface area contributed by atoms with E-state index in [1.54, 1.807) is 11.3 Å². The van der Waals surface area contributed by atoms with Crippen LogP contribution < -0.4 is 9.80 Å². The molecule has 2 rings (SSSR count). The van der Waals surface area contributed by atoms with Gasteiger partial charge in [0.15, 0.2) is 0 Å². The van der Waals surface area contributed by atoms with Crippen molar-refractivity contribution in [2.24, 2.45) is 0 Å². The molecule has 0 atom stereocenters. The first-order valence-corrected chi connectivity index (χ1v) is 7.95. The molecule has 0 aliphatic carbocycles. The van der Waals surface area contributed by atoms with Crippen LogP contribution in [-0.2, 0) is 6.54 Å². The van der Waals surface area contributed by atoms with Crippen LogP contribution in [0.5, 0.6) is 0 Å². The van der Waals surface area contributed by atoms with Crippen molar-refractivity contribution in [3.63, 3.8) is 0 Å². The molecule has 0 aliphatic rings. The van der Waals surface area contributed by atoms with Crippen molar-refractivity contribution >= 4 is 34.8 Å². The number of hydrogen-bond acceptors (Lipinski definition) is 6. The summed E-state index contributed by atoms with van der Waals surface area (Å²) in [6.07, 6.45) is 0. The van der Waals surface area contributed by atoms with E-state index in [-0.39, 0.29) is 5.92 Å². The molecule has 0 aliphatic heterocycles. The summed E-state index contributed by atoms with van der Waals surface area (Å²) in [5.74, 6) is 2.43. The Bertz CT molecular complexity index is 585. The Morgan fingerprint density at radius 2 is 1.76 bits per heavy atom. The Morgan fingerprint density at radius 3 is 2.29 bits per heavy atom. The second kappa shape index (κ2) is 6.58. The van der Waals surface area contributed by atoms with Crippen LogP contribution in [0.2, 0.25) is 4.34 Å². The molecule has 0 saturated heterocycles. The lowest BCUT2D eigenvalue weighted by atomic mass is 10.2. The van der Waals surface area contributed by atoms with Gasteiger partial charge in [-0.25, -0.2) is 0 Å². The number of aromatic nitrogens is 3. The van der Waals surface area contributed by atoms with E-state index in [1.807, 2.05) is 43.1 Å². The molecule has 21 heavy (non-hydrogen) atoms. The van der Waals surface area contributed by atoms with Crippen LogP contribution in [0.3, 0.4) is 0 Å². The maximum atomic E-state index is 5.98. The van der Waals surface area contributed by atoms with Gasteiger partial charge >= 0.3 is 0 Å². The Morgan fingerprint density at radius 1 is 1.10 bits per heavy atom. The lowest BCUT2D eigenvalue weighted by Crippen LogP contribution is -2.23. The minimum Gasteiger partial charge on any atom is -0.347 e. The fourth-order valence-electron chi connectivity index (χ4n) is 1.74. The zero-order chi connectivity index (χ0) is 15.6. The standard InChI is InChI=1S/C14H20ClN5S/c1-9(2)12-16-13(19(3)4)18-14(17-12)20(5)8-10-6-7-11(15)21-10/h6-7,9H,8H2,1-5H3. The summed E-state index contributed by atoms with van der Waals surface area (Å²) in [5, 5.41) is 0. The monoisotopic (exact) mass is 325 g/mol. The average Bonchev–Trinajstić information content (AvgIpc) is 2.83. The fraction of sp³-hybridized carbons (Fsp3) is 0.500. The summed E-state index contributed by atoms with van der Waals surface area (Å²) < 4.78 is 0.797. The highest BCUT2D eigenvalue weighted by Gasteiger charge is 2.14. The van der Waals surface area contributed by atoms with Crippen LogP contribution in [0.15, 0.2) is 12.1 Å². The Hall–Kier alpha value is -1.40. The second-order valence-electron chi connectivity index (χ2n) is 5.40. The first-order chi connectivity index (χ1) is 9.86. The predicted molar refractivity (Wildman–Crippen MR) is 89.7 cm³/mol. The van der Waals surface area contributed by atoms with E-state index >= 15 is 0 Å². The third-order valence-electron chi connectivity index (χ3n) is 2.91. The number of hydrogen-bond donors (Lipinski definition) is 0. The van der Waals surface area contributed by atoms with Crippen molar-refractivity contribution in [2.75, 3.05) is 30.9 Å². The van der Waals surface area contributed by atoms with Crippen LogP contribution in [0.4, 0.5) is 11.9 Å². The molecule has 7 heteroatoms. The first kappa shape index (κ1) is 16.0. The van der Waals surface area contributed by atoms with Gasteiger partial charge in [0.05, 0.1) is 10.9 Å². The Kier molecular flexibility index (Phi) is 5.00.